The Morgan fingerprint density at radius 2 is 1.50 bits per heavy atom. The van der Waals surface area contributed by atoms with Crippen molar-refractivity contribution in [3.63, 3.8) is 0 Å². The highest BCUT2D eigenvalue weighted by atomic mass is 32.2. The van der Waals surface area contributed by atoms with Gasteiger partial charge in [-0.15, -0.1) is 0 Å². The van der Waals surface area contributed by atoms with E-state index in [9.17, 15) is 8.42 Å². The van der Waals surface area contributed by atoms with Crippen molar-refractivity contribution in [1.29, 1.82) is 0 Å². The first-order chi connectivity index (χ1) is 10.5. The highest BCUT2D eigenvalue weighted by Crippen LogP contribution is 2.14. The molecule has 0 saturated carbocycles. The average molecular weight is 334 g/mol. The standard InChI is InChI=1S/C14H30N4O3S/c15-14-2-5-18(6-3-14)22(20,21)13-1-4-16-7-9-17(10-8-16)11-12-19/h14,19H,1-13,15H2. The molecule has 0 unspecified atom stereocenters. The van der Waals surface area contributed by atoms with Gasteiger partial charge in [-0.3, -0.25) is 4.90 Å². The first kappa shape index (κ1) is 18.1. The number of β-amino-alcohol motifs (C(OH)–C–C–N with tert-alkyl or cyclic N) is 1. The molecule has 2 heterocycles. The summed E-state index contributed by atoms with van der Waals surface area (Å²) in [5.74, 6) is 0.235. The Balaban J connectivity index is 1.66. The van der Waals surface area contributed by atoms with Gasteiger partial charge in [0.2, 0.25) is 10.0 Å². The molecule has 0 bridgehead atoms. The Bertz CT molecular complexity index is 416. The van der Waals surface area contributed by atoms with E-state index in [0.29, 0.717) is 19.5 Å². The van der Waals surface area contributed by atoms with Crippen LogP contribution in [0.25, 0.3) is 0 Å². The van der Waals surface area contributed by atoms with Crippen LogP contribution in [0.3, 0.4) is 0 Å². The van der Waals surface area contributed by atoms with Crippen LogP contribution in [0.15, 0.2) is 0 Å². The lowest BCUT2D eigenvalue weighted by Gasteiger charge is -2.34. The maximum absolute atomic E-state index is 12.3. The summed E-state index contributed by atoms with van der Waals surface area (Å²) >= 11 is 0. The van der Waals surface area contributed by atoms with E-state index in [1.807, 2.05) is 0 Å². The smallest absolute Gasteiger partial charge is 0.214 e. The third-order valence-corrected chi connectivity index (χ3v) is 6.61. The van der Waals surface area contributed by atoms with Gasteiger partial charge in [0.15, 0.2) is 0 Å². The van der Waals surface area contributed by atoms with Crippen LogP contribution in [0, 0.1) is 0 Å². The van der Waals surface area contributed by atoms with Gasteiger partial charge >= 0.3 is 0 Å². The molecule has 2 aliphatic heterocycles. The van der Waals surface area contributed by atoms with E-state index in [1.165, 1.54) is 0 Å². The topological polar surface area (TPSA) is 90.1 Å². The summed E-state index contributed by atoms with van der Waals surface area (Å²) in [6.45, 7) is 6.75. The van der Waals surface area contributed by atoms with Crippen molar-refractivity contribution in [1.82, 2.24) is 14.1 Å². The molecule has 22 heavy (non-hydrogen) atoms. The van der Waals surface area contributed by atoms with E-state index < -0.39 is 10.0 Å². The van der Waals surface area contributed by atoms with Gasteiger partial charge in [0.05, 0.1) is 12.4 Å². The zero-order valence-corrected chi connectivity index (χ0v) is 14.2. The molecule has 3 N–H and O–H groups in total. The summed E-state index contributed by atoms with van der Waals surface area (Å²) in [6.07, 6.45) is 2.23. The number of rotatable bonds is 7. The Morgan fingerprint density at radius 3 is 2.05 bits per heavy atom. The summed E-state index contributed by atoms with van der Waals surface area (Å²) < 4.78 is 26.2. The summed E-state index contributed by atoms with van der Waals surface area (Å²) in [7, 11) is -3.12. The van der Waals surface area contributed by atoms with Gasteiger partial charge in [-0.2, -0.15) is 0 Å². The molecule has 7 nitrogen and oxygen atoms in total. The van der Waals surface area contributed by atoms with Crippen LogP contribution in [0.4, 0.5) is 0 Å². The third-order valence-electron chi connectivity index (χ3n) is 4.65. The zero-order valence-electron chi connectivity index (χ0n) is 13.4. The van der Waals surface area contributed by atoms with Crippen molar-refractivity contribution in [3.05, 3.63) is 0 Å². The second-order valence-electron chi connectivity index (χ2n) is 6.31. The number of aliphatic hydroxyl groups excluding tert-OH is 1. The minimum Gasteiger partial charge on any atom is -0.395 e. The third kappa shape index (κ3) is 5.43. The van der Waals surface area contributed by atoms with Crippen LogP contribution < -0.4 is 5.73 Å². The number of piperazine rings is 1. The normalized spacial score (nSPS) is 23.9. The molecule has 2 rings (SSSR count). The van der Waals surface area contributed by atoms with Gasteiger partial charge < -0.3 is 15.7 Å². The molecule has 2 fully saturated rings. The molecule has 0 aliphatic carbocycles. The van der Waals surface area contributed by atoms with Crippen LogP contribution in [0.5, 0.6) is 0 Å². The Morgan fingerprint density at radius 1 is 0.955 bits per heavy atom. The van der Waals surface area contributed by atoms with E-state index >= 15 is 0 Å². The summed E-state index contributed by atoms with van der Waals surface area (Å²) in [6, 6.07) is 0.154. The van der Waals surface area contributed by atoms with E-state index in [-0.39, 0.29) is 18.4 Å². The van der Waals surface area contributed by atoms with E-state index in [4.69, 9.17) is 10.8 Å². The van der Waals surface area contributed by atoms with Crippen molar-refractivity contribution < 1.29 is 13.5 Å². The maximum atomic E-state index is 12.3. The number of hydrogen-bond acceptors (Lipinski definition) is 6. The van der Waals surface area contributed by atoms with Crippen molar-refractivity contribution >= 4 is 10.0 Å². The van der Waals surface area contributed by atoms with E-state index in [2.05, 4.69) is 9.80 Å². The Labute approximate surface area is 134 Å². The molecule has 8 heteroatoms. The molecular formula is C14H30N4O3S. The van der Waals surface area contributed by atoms with Gasteiger partial charge in [-0.1, -0.05) is 0 Å². The lowest BCUT2D eigenvalue weighted by molar-refractivity contribution is 0.113. The quantitative estimate of drug-likeness (QED) is 0.604. The summed E-state index contributed by atoms with van der Waals surface area (Å²) in [5.41, 5.74) is 5.82. The van der Waals surface area contributed by atoms with E-state index in [1.54, 1.807) is 4.31 Å². The van der Waals surface area contributed by atoms with Gasteiger partial charge in [-0.05, 0) is 25.8 Å². The predicted octanol–water partition coefficient (Wildman–Crippen LogP) is -1.26. The second-order valence-corrected chi connectivity index (χ2v) is 8.40. The summed E-state index contributed by atoms with van der Waals surface area (Å²) in [5, 5.41) is 8.92. The molecule has 0 amide bonds. The van der Waals surface area contributed by atoms with Crippen LogP contribution in [-0.2, 0) is 10.0 Å². The fourth-order valence-corrected chi connectivity index (χ4v) is 4.65. The fourth-order valence-electron chi connectivity index (χ4n) is 3.13. The van der Waals surface area contributed by atoms with Crippen molar-refractivity contribution in [2.45, 2.75) is 25.3 Å². The van der Waals surface area contributed by atoms with Crippen LogP contribution in [0.1, 0.15) is 19.3 Å². The number of sulfonamides is 1. The molecule has 0 spiro atoms. The first-order valence-electron chi connectivity index (χ1n) is 8.30. The molecule has 0 aromatic heterocycles. The SMILES string of the molecule is NC1CCN(S(=O)(=O)CCCN2CCN(CCO)CC2)CC1. The number of nitrogens with zero attached hydrogens (tertiary/aromatic N) is 3. The molecular weight excluding hydrogens is 304 g/mol. The van der Waals surface area contributed by atoms with Crippen molar-refractivity contribution in [2.24, 2.45) is 5.73 Å². The second kappa shape index (κ2) is 8.56. The molecule has 2 aliphatic rings. The van der Waals surface area contributed by atoms with Crippen molar-refractivity contribution in [2.75, 3.05) is 64.7 Å². The van der Waals surface area contributed by atoms with Crippen LogP contribution in [-0.4, -0.2) is 98.4 Å². The van der Waals surface area contributed by atoms with E-state index in [0.717, 1.165) is 52.1 Å². The van der Waals surface area contributed by atoms with Crippen LogP contribution >= 0.6 is 0 Å². The highest BCUT2D eigenvalue weighted by Gasteiger charge is 2.26. The number of aliphatic hydroxyl groups is 1. The van der Waals surface area contributed by atoms with Crippen LogP contribution in [0.2, 0.25) is 0 Å². The predicted molar refractivity (Wildman–Crippen MR) is 87.2 cm³/mol. The van der Waals surface area contributed by atoms with Gasteiger partial charge in [0.25, 0.3) is 0 Å². The fraction of sp³-hybridized carbons (Fsp3) is 1.00. The lowest BCUT2D eigenvalue weighted by Crippen LogP contribution is -2.48. The Kier molecular flexibility index (Phi) is 7.04. The number of nitrogens with two attached hydrogens (primary N) is 1. The molecule has 0 aromatic rings. The monoisotopic (exact) mass is 334 g/mol. The zero-order chi connectivity index (χ0) is 16.0. The molecule has 2 saturated heterocycles. The first-order valence-corrected chi connectivity index (χ1v) is 9.91. The average Bonchev–Trinajstić information content (AvgIpc) is 2.50. The molecule has 0 radical (unpaired) electrons. The number of hydrogen-bond donors (Lipinski definition) is 2. The number of piperidine rings is 1. The van der Waals surface area contributed by atoms with Gasteiger partial charge in [-0.25, -0.2) is 12.7 Å². The largest absolute Gasteiger partial charge is 0.395 e. The van der Waals surface area contributed by atoms with Gasteiger partial charge in [0.1, 0.15) is 0 Å². The Hall–Kier alpha value is -0.250. The van der Waals surface area contributed by atoms with Crippen molar-refractivity contribution in [3.8, 4) is 0 Å². The maximum Gasteiger partial charge on any atom is 0.214 e. The molecule has 0 aromatic carbocycles. The molecule has 130 valence electrons. The van der Waals surface area contributed by atoms with Gasteiger partial charge in [0, 0.05) is 51.9 Å². The minimum atomic E-state index is -3.12. The molecule has 0 atom stereocenters. The lowest BCUT2D eigenvalue weighted by atomic mass is 10.1. The summed E-state index contributed by atoms with van der Waals surface area (Å²) in [4.78, 5) is 4.56. The highest BCUT2D eigenvalue weighted by molar-refractivity contribution is 7.89. The minimum absolute atomic E-state index is 0.154.